The van der Waals surface area contributed by atoms with Crippen LogP contribution in [-0.2, 0) is 16.0 Å². The number of amides is 4. The van der Waals surface area contributed by atoms with Crippen molar-refractivity contribution in [2.75, 3.05) is 33.7 Å². The van der Waals surface area contributed by atoms with E-state index in [1.165, 1.54) is 4.90 Å². The normalized spacial score (nSPS) is 16.4. The summed E-state index contributed by atoms with van der Waals surface area (Å²) in [6, 6.07) is 8.93. The highest BCUT2D eigenvalue weighted by molar-refractivity contribution is 5.89. The SMILES string of the molecule is CN(C)C(=O)NCCNC(=O)C1CCCN1C(=O)Cc1ccccc1. The van der Waals surface area contributed by atoms with Crippen molar-refractivity contribution < 1.29 is 14.4 Å². The van der Waals surface area contributed by atoms with E-state index in [4.69, 9.17) is 0 Å². The molecular formula is C18H26N4O3. The number of carbonyl (C=O) groups excluding carboxylic acids is 3. The van der Waals surface area contributed by atoms with Gasteiger partial charge in [-0.2, -0.15) is 0 Å². The van der Waals surface area contributed by atoms with Crippen LogP contribution in [-0.4, -0.2) is 67.4 Å². The van der Waals surface area contributed by atoms with Crippen molar-refractivity contribution in [2.24, 2.45) is 0 Å². The van der Waals surface area contributed by atoms with Crippen LogP contribution in [0.25, 0.3) is 0 Å². The first-order valence-corrected chi connectivity index (χ1v) is 8.55. The summed E-state index contributed by atoms with van der Waals surface area (Å²) in [5.41, 5.74) is 0.949. The van der Waals surface area contributed by atoms with E-state index < -0.39 is 6.04 Å². The number of urea groups is 1. The summed E-state index contributed by atoms with van der Waals surface area (Å²) in [5.74, 6) is -0.178. The molecule has 1 aliphatic rings. The molecule has 4 amide bonds. The lowest BCUT2D eigenvalue weighted by Gasteiger charge is -2.24. The lowest BCUT2D eigenvalue weighted by Crippen LogP contribution is -2.48. The molecule has 136 valence electrons. The highest BCUT2D eigenvalue weighted by atomic mass is 16.2. The van der Waals surface area contributed by atoms with Gasteiger partial charge in [-0.05, 0) is 18.4 Å². The van der Waals surface area contributed by atoms with E-state index >= 15 is 0 Å². The Morgan fingerprint density at radius 3 is 2.48 bits per heavy atom. The molecular weight excluding hydrogens is 320 g/mol. The molecule has 7 heteroatoms. The maximum Gasteiger partial charge on any atom is 0.316 e. The minimum Gasteiger partial charge on any atom is -0.353 e. The fourth-order valence-electron chi connectivity index (χ4n) is 2.84. The molecule has 1 aromatic rings. The quantitative estimate of drug-likeness (QED) is 0.741. The number of nitrogens with zero attached hydrogens (tertiary/aromatic N) is 2. The minimum atomic E-state index is -0.416. The molecule has 2 N–H and O–H groups in total. The number of hydrogen-bond donors (Lipinski definition) is 2. The zero-order chi connectivity index (χ0) is 18.2. The van der Waals surface area contributed by atoms with Crippen LogP contribution < -0.4 is 10.6 Å². The van der Waals surface area contributed by atoms with Crippen LogP contribution in [0.15, 0.2) is 30.3 Å². The van der Waals surface area contributed by atoms with Crippen molar-refractivity contribution >= 4 is 17.8 Å². The number of carbonyl (C=O) groups is 3. The Morgan fingerprint density at radius 2 is 1.80 bits per heavy atom. The monoisotopic (exact) mass is 346 g/mol. The Labute approximate surface area is 148 Å². The molecule has 0 aliphatic carbocycles. The van der Waals surface area contributed by atoms with Gasteiger partial charge in [0.25, 0.3) is 0 Å². The van der Waals surface area contributed by atoms with Crippen LogP contribution in [0.3, 0.4) is 0 Å². The molecule has 0 radical (unpaired) electrons. The van der Waals surface area contributed by atoms with Crippen LogP contribution in [0.1, 0.15) is 18.4 Å². The second kappa shape index (κ2) is 9.05. The minimum absolute atomic E-state index is 0.0234. The van der Waals surface area contributed by atoms with Crippen molar-refractivity contribution in [3.63, 3.8) is 0 Å². The van der Waals surface area contributed by atoms with Gasteiger partial charge in [0.15, 0.2) is 0 Å². The zero-order valence-electron chi connectivity index (χ0n) is 14.8. The molecule has 1 fully saturated rings. The summed E-state index contributed by atoms with van der Waals surface area (Å²) in [6.45, 7) is 1.31. The Bertz CT molecular complexity index is 604. The van der Waals surface area contributed by atoms with Gasteiger partial charge < -0.3 is 20.4 Å². The van der Waals surface area contributed by atoms with E-state index in [-0.39, 0.29) is 17.8 Å². The van der Waals surface area contributed by atoms with Crippen LogP contribution in [0.5, 0.6) is 0 Å². The summed E-state index contributed by atoms with van der Waals surface area (Å²) in [4.78, 5) is 39.4. The van der Waals surface area contributed by atoms with Crippen LogP contribution in [0.4, 0.5) is 4.79 Å². The lowest BCUT2D eigenvalue weighted by atomic mass is 10.1. The number of nitrogens with one attached hydrogen (secondary N) is 2. The average Bonchev–Trinajstić information content (AvgIpc) is 3.09. The standard InChI is InChI=1S/C18H26N4O3/c1-21(2)18(25)20-11-10-19-17(24)15-9-6-12-22(15)16(23)13-14-7-4-3-5-8-14/h3-5,7-8,15H,6,9-13H2,1-2H3,(H,19,24)(H,20,25). The second-order valence-electron chi connectivity index (χ2n) is 6.32. The molecule has 1 saturated heterocycles. The van der Waals surface area contributed by atoms with Crippen LogP contribution in [0, 0.1) is 0 Å². The molecule has 0 saturated carbocycles. The highest BCUT2D eigenvalue weighted by Crippen LogP contribution is 2.19. The van der Waals surface area contributed by atoms with Gasteiger partial charge in [-0.25, -0.2) is 4.79 Å². The first-order chi connectivity index (χ1) is 12.0. The number of hydrogen-bond acceptors (Lipinski definition) is 3. The average molecular weight is 346 g/mol. The van der Waals surface area contributed by atoms with Gasteiger partial charge in [0.1, 0.15) is 6.04 Å². The summed E-state index contributed by atoms with van der Waals surface area (Å²) in [5, 5.41) is 5.49. The predicted molar refractivity (Wildman–Crippen MR) is 95.0 cm³/mol. The van der Waals surface area contributed by atoms with Gasteiger partial charge in [-0.15, -0.1) is 0 Å². The molecule has 0 bridgehead atoms. The first kappa shape index (κ1) is 18.8. The number of rotatable bonds is 6. The van der Waals surface area contributed by atoms with E-state index in [1.54, 1.807) is 19.0 Å². The maximum atomic E-state index is 12.5. The lowest BCUT2D eigenvalue weighted by molar-refractivity contribution is -0.137. The van der Waals surface area contributed by atoms with Crippen molar-refractivity contribution in [3.8, 4) is 0 Å². The highest BCUT2D eigenvalue weighted by Gasteiger charge is 2.33. The molecule has 2 rings (SSSR count). The van der Waals surface area contributed by atoms with E-state index in [9.17, 15) is 14.4 Å². The van der Waals surface area contributed by atoms with Crippen molar-refractivity contribution in [1.82, 2.24) is 20.4 Å². The van der Waals surface area contributed by atoms with Gasteiger partial charge in [0, 0.05) is 33.7 Å². The van der Waals surface area contributed by atoms with E-state index in [0.29, 0.717) is 32.5 Å². The molecule has 25 heavy (non-hydrogen) atoms. The summed E-state index contributed by atoms with van der Waals surface area (Å²) in [7, 11) is 3.31. The summed E-state index contributed by atoms with van der Waals surface area (Å²) in [6.07, 6.45) is 1.82. The summed E-state index contributed by atoms with van der Waals surface area (Å²) < 4.78 is 0. The molecule has 1 aromatic carbocycles. The Balaban J connectivity index is 1.80. The molecule has 1 heterocycles. The van der Waals surface area contributed by atoms with Gasteiger partial charge in [0.05, 0.1) is 6.42 Å². The van der Waals surface area contributed by atoms with Gasteiger partial charge in [-0.1, -0.05) is 30.3 Å². The van der Waals surface area contributed by atoms with Gasteiger partial charge in [0.2, 0.25) is 11.8 Å². The summed E-state index contributed by atoms with van der Waals surface area (Å²) >= 11 is 0. The van der Waals surface area contributed by atoms with Crippen molar-refractivity contribution in [1.29, 1.82) is 0 Å². The fraction of sp³-hybridized carbons (Fsp3) is 0.500. The molecule has 0 spiro atoms. The predicted octanol–water partition coefficient (Wildman–Crippen LogP) is 0.608. The smallest absolute Gasteiger partial charge is 0.316 e. The van der Waals surface area contributed by atoms with Crippen LogP contribution >= 0.6 is 0 Å². The zero-order valence-corrected chi connectivity index (χ0v) is 14.8. The fourth-order valence-corrected chi connectivity index (χ4v) is 2.84. The number of likely N-dealkylation sites (tertiary alicyclic amines) is 1. The van der Waals surface area contributed by atoms with Crippen molar-refractivity contribution in [2.45, 2.75) is 25.3 Å². The third kappa shape index (κ3) is 5.48. The van der Waals surface area contributed by atoms with Crippen molar-refractivity contribution in [3.05, 3.63) is 35.9 Å². The molecule has 0 aromatic heterocycles. The second-order valence-corrected chi connectivity index (χ2v) is 6.32. The van der Waals surface area contributed by atoms with Crippen LogP contribution in [0.2, 0.25) is 0 Å². The van der Waals surface area contributed by atoms with E-state index in [2.05, 4.69) is 10.6 Å². The molecule has 1 atom stereocenters. The Morgan fingerprint density at radius 1 is 1.12 bits per heavy atom. The third-order valence-corrected chi connectivity index (χ3v) is 4.18. The topological polar surface area (TPSA) is 81.8 Å². The van der Waals surface area contributed by atoms with E-state index in [1.807, 2.05) is 30.3 Å². The van der Waals surface area contributed by atoms with Gasteiger partial charge >= 0.3 is 6.03 Å². The third-order valence-electron chi connectivity index (χ3n) is 4.18. The maximum absolute atomic E-state index is 12.5. The largest absolute Gasteiger partial charge is 0.353 e. The number of benzene rings is 1. The van der Waals surface area contributed by atoms with Gasteiger partial charge in [-0.3, -0.25) is 9.59 Å². The molecule has 1 aliphatic heterocycles. The van der Waals surface area contributed by atoms with E-state index in [0.717, 1.165) is 12.0 Å². The molecule has 1 unspecified atom stereocenters. The first-order valence-electron chi connectivity index (χ1n) is 8.55. The Hall–Kier alpha value is -2.57. The molecule has 7 nitrogen and oxygen atoms in total. The Kier molecular flexibility index (Phi) is 6.80.